The number of piperazine rings is 1. The van der Waals surface area contributed by atoms with Crippen LogP contribution in [0.1, 0.15) is 37.3 Å². The minimum atomic E-state index is -0.513. The van der Waals surface area contributed by atoms with Crippen molar-refractivity contribution in [3.8, 4) is 17.0 Å². The summed E-state index contributed by atoms with van der Waals surface area (Å²) in [5.74, 6) is 2.00. The highest BCUT2D eigenvalue weighted by Gasteiger charge is 2.65. The molecule has 194 valence electrons. The van der Waals surface area contributed by atoms with E-state index in [4.69, 9.17) is 9.72 Å². The van der Waals surface area contributed by atoms with Gasteiger partial charge in [-0.15, -0.1) is 0 Å². The van der Waals surface area contributed by atoms with Crippen LogP contribution in [-0.2, 0) is 10.2 Å². The summed E-state index contributed by atoms with van der Waals surface area (Å²) in [7, 11) is 1.66. The molecule has 3 aliphatic rings. The van der Waals surface area contributed by atoms with E-state index in [1.807, 2.05) is 24.4 Å². The smallest absolute Gasteiger partial charge is 0.235 e. The van der Waals surface area contributed by atoms with Crippen molar-refractivity contribution in [3.63, 3.8) is 0 Å². The zero-order valence-electron chi connectivity index (χ0n) is 22.0. The zero-order valence-corrected chi connectivity index (χ0v) is 22.0. The Labute approximate surface area is 222 Å². The Morgan fingerprint density at radius 3 is 2.63 bits per heavy atom. The van der Waals surface area contributed by atoms with Crippen LogP contribution in [0.15, 0.2) is 54.7 Å². The van der Waals surface area contributed by atoms with Crippen LogP contribution >= 0.6 is 0 Å². The van der Waals surface area contributed by atoms with Gasteiger partial charge in [-0.2, -0.15) is 5.10 Å². The molecule has 0 radical (unpaired) electrons. The predicted octanol–water partition coefficient (Wildman–Crippen LogP) is 4.54. The van der Waals surface area contributed by atoms with Gasteiger partial charge in [0.2, 0.25) is 5.91 Å². The summed E-state index contributed by atoms with van der Waals surface area (Å²) in [6, 6.07) is 17.0. The second-order valence-corrected chi connectivity index (χ2v) is 11.0. The second-order valence-electron chi connectivity index (χ2n) is 11.0. The van der Waals surface area contributed by atoms with E-state index in [-0.39, 0.29) is 11.8 Å². The fourth-order valence-corrected chi connectivity index (χ4v) is 6.35. The van der Waals surface area contributed by atoms with Crippen LogP contribution in [0.2, 0.25) is 0 Å². The number of fused-ring (bicyclic) bond motifs is 3. The minimum absolute atomic E-state index is 0.0768. The molecule has 2 atom stereocenters. The lowest BCUT2D eigenvalue weighted by Gasteiger charge is -2.37. The largest absolute Gasteiger partial charge is 0.497 e. The number of methoxy groups -OCH3 is 1. The lowest BCUT2D eigenvalue weighted by molar-refractivity contribution is -0.118. The number of rotatable bonds is 5. The predicted molar refractivity (Wildman–Crippen MR) is 149 cm³/mol. The number of hydrogen-bond acceptors (Lipinski definition) is 6. The Kier molecular flexibility index (Phi) is 5.23. The van der Waals surface area contributed by atoms with Crippen LogP contribution in [0.25, 0.3) is 22.2 Å². The average Bonchev–Trinajstić information content (AvgIpc) is 3.47. The van der Waals surface area contributed by atoms with Gasteiger partial charge in [-0.05, 0) is 67.8 Å². The van der Waals surface area contributed by atoms with Gasteiger partial charge in [0, 0.05) is 61.0 Å². The number of aromatic amines is 1. The van der Waals surface area contributed by atoms with Crippen molar-refractivity contribution in [3.05, 3.63) is 65.9 Å². The Morgan fingerprint density at radius 2 is 1.89 bits per heavy atom. The Balaban J connectivity index is 1.12. The van der Waals surface area contributed by atoms with Crippen LogP contribution in [0.3, 0.4) is 0 Å². The van der Waals surface area contributed by atoms with E-state index in [9.17, 15) is 4.79 Å². The van der Waals surface area contributed by atoms with Gasteiger partial charge in [-0.25, -0.2) is 4.98 Å². The number of aromatic nitrogens is 3. The lowest BCUT2D eigenvalue weighted by Crippen LogP contribution is -2.49. The maximum atomic E-state index is 13.1. The summed E-state index contributed by atoms with van der Waals surface area (Å²) < 4.78 is 5.43. The molecule has 8 nitrogen and oxygen atoms in total. The number of hydrogen-bond donors (Lipinski definition) is 2. The van der Waals surface area contributed by atoms with E-state index in [1.54, 1.807) is 7.11 Å². The molecule has 1 aliphatic carbocycles. The van der Waals surface area contributed by atoms with Gasteiger partial charge in [0.25, 0.3) is 0 Å². The third-order valence-corrected chi connectivity index (χ3v) is 8.70. The van der Waals surface area contributed by atoms with Crippen LogP contribution in [0, 0.1) is 0 Å². The summed E-state index contributed by atoms with van der Waals surface area (Å²) in [4.78, 5) is 22.7. The minimum Gasteiger partial charge on any atom is -0.497 e. The first kappa shape index (κ1) is 23.2. The first-order valence-corrected chi connectivity index (χ1v) is 13.4. The van der Waals surface area contributed by atoms with E-state index in [1.165, 1.54) is 0 Å². The van der Waals surface area contributed by atoms with E-state index in [2.05, 4.69) is 69.5 Å². The van der Waals surface area contributed by atoms with Crippen LogP contribution in [-0.4, -0.2) is 65.3 Å². The maximum Gasteiger partial charge on any atom is 0.235 e. The first-order valence-electron chi connectivity index (χ1n) is 13.4. The third-order valence-electron chi connectivity index (χ3n) is 8.70. The molecule has 2 aliphatic heterocycles. The first-order chi connectivity index (χ1) is 18.5. The summed E-state index contributed by atoms with van der Waals surface area (Å²) in [5, 5.41) is 12.0. The number of benzene rings is 2. The molecule has 2 N–H and O–H groups in total. The highest BCUT2D eigenvalue weighted by Crippen LogP contribution is 2.65. The molecule has 4 aromatic rings. The summed E-state index contributed by atoms with van der Waals surface area (Å²) >= 11 is 0. The molecule has 1 spiro atoms. The number of amides is 1. The third kappa shape index (κ3) is 3.50. The topological polar surface area (TPSA) is 86.4 Å². The van der Waals surface area contributed by atoms with E-state index < -0.39 is 5.41 Å². The van der Waals surface area contributed by atoms with Gasteiger partial charge < -0.3 is 15.0 Å². The Morgan fingerprint density at radius 1 is 1.05 bits per heavy atom. The Hall–Kier alpha value is -3.91. The molecule has 7 rings (SSSR count). The number of ether oxygens (including phenoxy) is 1. The van der Waals surface area contributed by atoms with Gasteiger partial charge in [-0.1, -0.05) is 12.1 Å². The van der Waals surface area contributed by atoms with Gasteiger partial charge >= 0.3 is 0 Å². The monoisotopic (exact) mass is 508 g/mol. The van der Waals surface area contributed by atoms with Crippen molar-refractivity contribution >= 4 is 28.3 Å². The summed E-state index contributed by atoms with van der Waals surface area (Å²) in [6.07, 6.45) is 2.72. The van der Waals surface area contributed by atoms with Gasteiger partial charge in [0.05, 0.1) is 18.0 Å². The molecular weight excluding hydrogens is 476 g/mol. The Bertz CT molecular complexity index is 1540. The standard InChI is InChI=1S/C30H32N6O2/c1-18(2)35-10-12-36(13-11-35)27-9-5-20(17-31-27)28-22-7-4-19(14-26(22)33-34-28)24-16-30(24)23-15-21(38-3)6-8-25(23)32-29(30)37/h4-9,14-15,17-18,24H,10-13,16H2,1-3H3,(H,32,37)(H,33,34)/t24-,30-/m0/s1. The molecule has 38 heavy (non-hydrogen) atoms. The van der Waals surface area contributed by atoms with Gasteiger partial charge in [0.1, 0.15) is 17.3 Å². The van der Waals surface area contributed by atoms with Crippen molar-refractivity contribution in [2.75, 3.05) is 43.5 Å². The van der Waals surface area contributed by atoms with Gasteiger partial charge in [0.15, 0.2) is 0 Å². The number of carbonyl (C=O) groups is 1. The van der Waals surface area contributed by atoms with Crippen molar-refractivity contribution in [2.45, 2.75) is 37.6 Å². The van der Waals surface area contributed by atoms with Crippen molar-refractivity contribution < 1.29 is 9.53 Å². The molecule has 8 heteroatoms. The molecular formula is C30H32N6O2. The van der Waals surface area contributed by atoms with Crippen molar-refractivity contribution in [2.24, 2.45) is 0 Å². The van der Waals surface area contributed by atoms with E-state index in [0.29, 0.717) is 6.04 Å². The zero-order chi connectivity index (χ0) is 26.0. The highest BCUT2D eigenvalue weighted by molar-refractivity contribution is 6.10. The normalized spacial score (nSPS) is 22.8. The van der Waals surface area contributed by atoms with Crippen LogP contribution in [0.5, 0.6) is 5.75 Å². The molecule has 1 amide bonds. The number of nitrogens with zero attached hydrogens (tertiary/aromatic N) is 4. The fourth-order valence-electron chi connectivity index (χ4n) is 6.35. The lowest BCUT2D eigenvalue weighted by atomic mass is 9.91. The van der Waals surface area contributed by atoms with Gasteiger partial charge in [-0.3, -0.25) is 14.8 Å². The number of pyridine rings is 1. The number of carbonyl (C=O) groups excluding carboxylic acids is 1. The number of anilines is 2. The van der Waals surface area contributed by atoms with Crippen LogP contribution < -0.4 is 15.0 Å². The molecule has 4 heterocycles. The van der Waals surface area contributed by atoms with Crippen molar-refractivity contribution in [1.29, 1.82) is 0 Å². The number of H-pyrrole nitrogens is 1. The van der Waals surface area contributed by atoms with E-state index in [0.717, 1.165) is 83.1 Å². The number of nitrogens with one attached hydrogen (secondary N) is 2. The molecule has 0 bridgehead atoms. The summed E-state index contributed by atoms with van der Waals surface area (Å²) in [5.41, 5.74) is 5.42. The molecule has 0 unspecified atom stereocenters. The second kappa shape index (κ2) is 8.56. The highest BCUT2D eigenvalue weighted by atomic mass is 16.5. The summed E-state index contributed by atoms with van der Waals surface area (Å²) in [6.45, 7) is 8.63. The molecule has 1 saturated heterocycles. The quantitative estimate of drug-likeness (QED) is 0.412. The SMILES string of the molecule is COc1ccc2c(c1)[C@]1(C[C@H]1c1ccc3c(-c4ccc(N5CCN(C(C)C)CC5)nc4)n[nH]c3c1)C(=O)N2. The molecule has 2 aromatic heterocycles. The maximum absolute atomic E-state index is 13.1. The van der Waals surface area contributed by atoms with Crippen molar-refractivity contribution in [1.82, 2.24) is 20.1 Å². The molecule has 2 fully saturated rings. The van der Waals surface area contributed by atoms with E-state index >= 15 is 0 Å². The van der Waals surface area contributed by atoms with Crippen LogP contribution in [0.4, 0.5) is 11.5 Å². The molecule has 2 aromatic carbocycles. The average molecular weight is 509 g/mol. The molecule has 1 saturated carbocycles. The fraction of sp³-hybridized carbons (Fsp3) is 0.367.